The second-order valence-corrected chi connectivity index (χ2v) is 6.05. The molecule has 0 spiro atoms. The lowest BCUT2D eigenvalue weighted by atomic mass is 9.85. The van der Waals surface area contributed by atoms with Gasteiger partial charge in [-0.1, -0.05) is 54.9 Å². The van der Waals surface area contributed by atoms with Crippen molar-refractivity contribution in [2.75, 3.05) is 13.1 Å². The summed E-state index contributed by atoms with van der Waals surface area (Å²) in [6.45, 7) is 10.6. The molecule has 0 aliphatic heterocycles. The van der Waals surface area contributed by atoms with Crippen LogP contribution in [0.5, 0.6) is 0 Å². The van der Waals surface area contributed by atoms with Gasteiger partial charge in [-0.25, -0.2) is 0 Å². The fraction of sp³-hybridized carbons (Fsp3) is 0.625. The highest BCUT2D eigenvalue weighted by Crippen LogP contribution is 2.28. The molecule has 0 saturated carbocycles. The van der Waals surface area contributed by atoms with Gasteiger partial charge in [0.1, 0.15) is 0 Å². The molecule has 1 aromatic carbocycles. The van der Waals surface area contributed by atoms with Crippen LogP contribution in [-0.2, 0) is 6.42 Å². The van der Waals surface area contributed by atoms with E-state index in [-0.39, 0.29) is 11.6 Å². The second-order valence-electron chi connectivity index (χ2n) is 5.19. The quantitative estimate of drug-likeness (QED) is 0.821. The summed E-state index contributed by atoms with van der Waals surface area (Å²) in [6.07, 6.45) is 1.26. The molecule has 3 heteroatoms. The zero-order valence-electron chi connectivity index (χ0n) is 12.5. The lowest BCUT2D eigenvalue weighted by Gasteiger charge is -2.43. The summed E-state index contributed by atoms with van der Waals surface area (Å²) in [6, 6.07) is 8.13. The van der Waals surface area contributed by atoms with Gasteiger partial charge in [0.25, 0.3) is 0 Å². The number of aliphatic hydroxyl groups excluding tert-OH is 1. The first-order chi connectivity index (χ1) is 8.99. The van der Waals surface area contributed by atoms with Gasteiger partial charge in [0.15, 0.2) is 0 Å². The normalized spacial score (nSPS) is 16.4. The van der Waals surface area contributed by atoms with Gasteiger partial charge in [0, 0.05) is 16.4 Å². The third-order valence-corrected chi connectivity index (χ3v) is 5.06. The highest BCUT2D eigenvalue weighted by molar-refractivity contribution is 9.10. The minimum atomic E-state index is -0.365. The van der Waals surface area contributed by atoms with E-state index in [1.54, 1.807) is 0 Å². The zero-order chi connectivity index (χ0) is 14.5. The van der Waals surface area contributed by atoms with Gasteiger partial charge in [-0.15, -0.1) is 0 Å². The molecule has 1 rings (SSSR count). The van der Waals surface area contributed by atoms with Crippen molar-refractivity contribution in [1.82, 2.24) is 4.90 Å². The Morgan fingerprint density at radius 3 is 2.26 bits per heavy atom. The summed E-state index contributed by atoms with van der Waals surface area (Å²) in [5.74, 6) is 0. The third-order valence-electron chi connectivity index (χ3n) is 4.29. The van der Waals surface area contributed by atoms with Crippen LogP contribution in [0.2, 0.25) is 0 Å². The molecule has 19 heavy (non-hydrogen) atoms. The highest BCUT2D eigenvalue weighted by Gasteiger charge is 2.35. The average molecular weight is 328 g/mol. The van der Waals surface area contributed by atoms with Gasteiger partial charge in [0.2, 0.25) is 0 Å². The summed E-state index contributed by atoms with van der Waals surface area (Å²) >= 11 is 3.56. The van der Waals surface area contributed by atoms with Crippen LogP contribution in [0.4, 0.5) is 0 Å². The van der Waals surface area contributed by atoms with E-state index in [0.717, 1.165) is 24.0 Å². The van der Waals surface area contributed by atoms with Gasteiger partial charge in [-0.3, -0.25) is 4.90 Å². The number of nitrogens with zero attached hydrogens (tertiary/aromatic N) is 1. The molecule has 0 aliphatic carbocycles. The maximum atomic E-state index is 10.7. The molecule has 0 heterocycles. The first-order valence-electron chi connectivity index (χ1n) is 7.16. The highest BCUT2D eigenvalue weighted by atomic mass is 79.9. The fourth-order valence-corrected chi connectivity index (χ4v) is 3.15. The summed E-state index contributed by atoms with van der Waals surface area (Å²) in [5.41, 5.74) is 1.00. The molecule has 0 amide bonds. The second kappa shape index (κ2) is 7.41. The maximum Gasteiger partial charge on any atom is 0.0761 e. The minimum absolute atomic E-state index is 0.168. The number of hydrogen-bond acceptors (Lipinski definition) is 2. The predicted molar refractivity (Wildman–Crippen MR) is 85.5 cm³/mol. The molecular formula is C16H26BrNO. The van der Waals surface area contributed by atoms with Gasteiger partial charge in [-0.05, 0) is 38.1 Å². The molecule has 0 fully saturated rings. The Labute approximate surface area is 126 Å². The molecule has 0 aromatic heterocycles. The first kappa shape index (κ1) is 16.7. The topological polar surface area (TPSA) is 23.5 Å². The molecule has 108 valence electrons. The number of halogens is 1. The summed E-state index contributed by atoms with van der Waals surface area (Å²) in [5, 5.41) is 10.7. The smallest absolute Gasteiger partial charge is 0.0761 e. The summed E-state index contributed by atoms with van der Waals surface area (Å²) < 4.78 is 1.08. The number of aliphatic hydroxyl groups is 1. The van der Waals surface area contributed by atoms with E-state index >= 15 is 0 Å². The molecule has 1 aromatic rings. The van der Waals surface area contributed by atoms with Crippen LogP contribution in [0.3, 0.4) is 0 Å². The Bertz CT molecular complexity index is 392. The van der Waals surface area contributed by atoms with Crippen molar-refractivity contribution in [3.05, 3.63) is 34.3 Å². The summed E-state index contributed by atoms with van der Waals surface area (Å²) in [4.78, 5) is 2.36. The molecule has 0 radical (unpaired) electrons. The molecule has 1 N–H and O–H groups in total. The van der Waals surface area contributed by atoms with E-state index in [4.69, 9.17) is 0 Å². The molecule has 2 nitrogen and oxygen atoms in total. The van der Waals surface area contributed by atoms with Crippen LogP contribution in [-0.4, -0.2) is 34.7 Å². The zero-order valence-corrected chi connectivity index (χ0v) is 14.1. The number of likely N-dealkylation sites (N-methyl/N-ethyl adjacent to an activating group) is 1. The molecule has 0 aliphatic rings. The van der Waals surface area contributed by atoms with E-state index in [2.05, 4.69) is 54.6 Å². The lowest BCUT2D eigenvalue weighted by Crippen LogP contribution is -2.54. The van der Waals surface area contributed by atoms with Crippen molar-refractivity contribution < 1.29 is 5.11 Å². The fourth-order valence-electron chi connectivity index (χ4n) is 2.71. The Hall–Kier alpha value is -0.380. The number of hydrogen-bond donors (Lipinski definition) is 1. The van der Waals surface area contributed by atoms with Crippen molar-refractivity contribution in [2.24, 2.45) is 0 Å². The van der Waals surface area contributed by atoms with Crippen LogP contribution in [0.25, 0.3) is 0 Å². The van der Waals surface area contributed by atoms with Crippen molar-refractivity contribution in [3.8, 4) is 0 Å². The molecule has 2 atom stereocenters. The number of benzene rings is 1. The van der Waals surface area contributed by atoms with Crippen LogP contribution in [0.1, 0.15) is 39.7 Å². The standard InChI is InChI=1S/C16H26BrNO/c1-5-16(4,18(6-2)7-3)15(19)12-13-10-8-9-11-14(13)17/h8-11,15,19H,5-7,12H2,1-4H3. The van der Waals surface area contributed by atoms with E-state index in [9.17, 15) is 5.11 Å². The van der Waals surface area contributed by atoms with Crippen molar-refractivity contribution in [2.45, 2.75) is 52.2 Å². The minimum Gasteiger partial charge on any atom is -0.391 e. The molecule has 0 bridgehead atoms. The van der Waals surface area contributed by atoms with E-state index < -0.39 is 0 Å². The summed E-state index contributed by atoms with van der Waals surface area (Å²) in [7, 11) is 0. The largest absolute Gasteiger partial charge is 0.391 e. The van der Waals surface area contributed by atoms with Crippen molar-refractivity contribution >= 4 is 15.9 Å². The predicted octanol–water partition coefficient (Wildman–Crippen LogP) is 3.86. The monoisotopic (exact) mass is 327 g/mol. The molecule has 0 saturated heterocycles. The Morgan fingerprint density at radius 2 is 1.79 bits per heavy atom. The van der Waals surface area contributed by atoms with Gasteiger partial charge in [0.05, 0.1) is 6.10 Å². The van der Waals surface area contributed by atoms with Crippen LogP contribution >= 0.6 is 15.9 Å². The Morgan fingerprint density at radius 1 is 1.21 bits per heavy atom. The van der Waals surface area contributed by atoms with E-state index in [1.807, 2.05) is 18.2 Å². The van der Waals surface area contributed by atoms with Gasteiger partial charge >= 0.3 is 0 Å². The van der Waals surface area contributed by atoms with Crippen molar-refractivity contribution in [1.29, 1.82) is 0 Å². The SMILES string of the molecule is CCN(CC)C(C)(CC)C(O)Cc1ccccc1Br. The van der Waals surface area contributed by atoms with E-state index in [1.165, 1.54) is 5.56 Å². The third kappa shape index (κ3) is 3.80. The average Bonchev–Trinajstić information content (AvgIpc) is 2.42. The van der Waals surface area contributed by atoms with E-state index in [0.29, 0.717) is 6.42 Å². The molecule has 2 unspecified atom stereocenters. The molecular weight excluding hydrogens is 302 g/mol. The lowest BCUT2D eigenvalue weighted by molar-refractivity contribution is -0.0191. The Balaban J connectivity index is 2.90. The first-order valence-corrected chi connectivity index (χ1v) is 7.95. The number of rotatable bonds is 7. The van der Waals surface area contributed by atoms with Crippen molar-refractivity contribution in [3.63, 3.8) is 0 Å². The van der Waals surface area contributed by atoms with Crippen LogP contribution in [0, 0.1) is 0 Å². The van der Waals surface area contributed by atoms with Crippen LogP contribution < -0.4 is 0 Å². The maximum absolute atomic E-state index is 10.7. The van der Waals surface area contributed by atoms with Crippen LogP contribution in [0.15, 0.2) is 28.7 Å². The Kier molecular flexibility index (Phi) is 6.51. The van der Waals surface area contributed by atoms with Gasteiger partial charge < -0.3 is 5.11 Å². The van der Waals surface area contributed by atoms with Gasteiger partial charge in [-0.2, -0.15) is 0 Å².